The molecule has 2 rings (SSSR count). The normalized spacial score (nSPS) is 13.1. The molecule has 0 aliphatic carbocycles. The molecule has 1 unspecified atom stereocenters. The van der Waals surface area contributed by atoms with Crippen LogP contribution in [0.3, 0.4) is 0 Å². The van der Waals surface area contributed by atoms with E-state index in [0.29, 0.717) is 16.3 Å². The molecule has 2 N–H and O–H groups in total. The molecule has 1 amide bonds. The molecule has 1 heterocycles. The maximum atomic E-state index is 12.5. The van der Waals surface area contributed by atoms with Crippen molar-refractivity contribution in [2.75, 3.05) is 0 Å². The highest BCUT2D eigenvalue weighted by Crippen LogP contribution is 2.21. The van der Waals surface area contributed by atoms with Gasteiger partial charge in [-0.15, -0.1) is 0 Å². The van der Waals surface area contributed by atoms with Crippen LogP contribution in [0.4, 0.5) is 0 Å². The van der Waals surface area contributed by atoms with Crippen molar-refractivity contribution in [1.29, 1.82) is 0 Å². The van der Waals surface area contributed by atoms with E-state index in [1.54, 1.807) is 18.2 Å². The summed E-state index contributed by atoms with van der Waals surface area (Å²) in [6, 6.07) is 7.26. The lowest BCUT2D eigenvalue weighted by molar-refractivity contribution is 0.0937. The van der Waals surface area contributed by atoms with Gasteiger partial charge in [-0.3, -0.25) is 9.59 Å². The number of H-pyrrole nitrogens is 1. The number of rotatable bonds is 4. The van der Waals surface area contributed by atoms with Crippen molar-refractivity contribution in [2.24, 2.45) is 5.41 Å². The predicted octanol–water partition coefficient (Wildman–Crippen LogP) is 3.47. The van der Waals surface area contributed by atoms with Gasteiger partial charge in [0.25, 0.3) is 11.5 Å². The van der Waals surface area contributed by atoms with Crippen LogP contribution in [0.15, 0.2) is 35.3 Å². The molecule has 0 saturated carbocycles. The lowest BCUT2D eigenvalue weighted by Gasteiger charge is -2.21. The Morgan fingerprint density at radius 1 is 1.23 bits per heavy atom. The Hall–Kier alpha value is -2.10. The van der Waals surface area contributed by atoms with E-state index in [-0.39, 0.29) is 22.9 Å². The third kappa shape index (κ3) is 3.97. The molecule has 0 aliphatic rings. The van der Waals surface area contributed by atoms with Crippen molar-refractivity contribution < 1.29 is 4.79 Å². The number of nitrogens with one attached hydrogen (secondary N) is 2. The van der Waals surface area contributed by atoms with E-state index in [1.807, 2.05) is 13.0 Å². The fourth-order valence-electron chi connectivity index (χ4n) is 2.42. The topological polar surface area (TPSA) is 62.0 Å². The first kappa shape index (κ1) is 16.3. The van der Waals surface area contributed by atoms with E-state index >= 15 is 0 Å². The van der Waals surface area contributed by atoms with Crippen LogP contribution < -0.4 is 10.9 Å². The zero-order chi connectivity index (χ0) is 16.3. The van der Waals surface area contributed by atoms with Gasteiger partial charge in [-0.05, 0) is 31.2 Å². The minimum absolute atomic E-state index is 0.0948. The molecule has 4 nitrogen and oxygen atoms in total. The van der Waals surface area contributed by atoms with Crippen LogP contribution in [0.2, 0.25) is 0 Å². The maximum Gasteiger partial charge on any atom is 0.255 e. The van der Waals surface area contributed by atoms with E-state index in [9.17, 15) is 9.59 Å². The number of amides is 1. The van der Waals surface area contributed by atoms with E-state index in [1.165, 1.54) is 6.20 Å². The Kier molecular flexibility index (Phi) is 4.69. The Morgan fingerprint density at radius 3 is 2.50 bits per heavy atom. The second-order valence-electron chi connectivity index (χ2n) is 7.05. The maximum absolute atomic E-state index is 12.5. The lowest BCUT2D eigenvalue weighted by Crippen LogP contribution is -2.33. The van der Waals surface area contributed by atoms with Gasteiger partial charge in [-0.25, -0.2) is 0 Å². The number of benzene rings is 1. The van der Waals surface area contributed by atoms with Crippen molar-refractivity contribution in [3.8, 4) is 0 Å². The molecule has 22 heavy (non-hydrogen) atoms. The first-order valence-corrected chi connectivity index (χ1v) is 7.69. The molecule has 0 saturated heterocycles. The highest BCUT2D eigenvalue weighted by molar-refractivity contribution is 6.06. The first-order chi connectivity index (χ1) is 10.3. The molecule has 0 spiro atoms. The van der Waals surface area contributed by atoms with Crippen molar-refractivity contribution >= 4 is 16.7 Å². The quantitative estimate of drug-likeness (QED) is 0.908. The minimum Gasteiger partial charge on any atom is -0.350 e. The predicted molar refractivity (Wildman–Crippen MR) is 90.2 cm³/mol. The number of fused-ring (bicyclic) bond motifs is 1. The fraction of sp³-hybridized carbons (Fsp3) is 0.444. The summed E-state index contributed by atoms with van der Waals surface area (Å²) in [6.07, 6.45) is 3.47. The molecule has 0 bridgehead atoms. The average Bonchev–Trinajstić information content (AvgIpc) is 2.45. The van der Waals surface area contributed by atoms with Crippen molar-refractivity contribution in [3.05, 3.63) is 46.4 Å². The summed E-state index contributed by atoms with van der Waals surface area (Å²) in [4.78, 5) is 26.9. The smallest absolute Gasteiger partial charge is 0.255 e. The number of carbonyl (C=O) groups is 1. The van der Waals surface area contributed by atoms with Crippen LogP contribution >= 0.6 is 0 Å². The number of carbonyl (C=O) groups excluding carboxylic acids is 1. The number of aromatic amines is 1. The molecule has 0 radical (unpaired) electrons. The van der Waals surface area contributed by atoms with Gasteiger partial charge in [0.2, 0.25) is 0 Å². The molecule has 1 aromatic carbocycles. The van der Waals surface area contributed by atoms with Crippen LogP contribution in [0.1, 0.15) is 50.9 Å². The summed E-state index contributed by atoms with van der Waals surface area (Å²) in [5.41, 5.74) is 0.592. The Morgan fingerprint density at radius 2 is 1.86 bits per heavy atom. The van der Waals surface area contributed by atoms with Gasteiger partial charge in [0.1, 0.15) is 0 Å². The van der Waals surface area contributed by atoms with Crippen LogP contribution in [0.25, 0.3) is 10.8 Å². The van der Waals surface area contributed by atoms with Gasteiger partial charge in [-0.1, -0.05) is 39.0 Å². The van der Waals surface area contributed by atoms with Crippen LogP contribution in [0.5, 0.6) is 0 Å². The number of hydrogen-bond acceptors (Lipinski definition) is 2. The van der Waals surface area contributed by atoms with Gasteiger partial charge in [-0.2, -0.15) is 0 Å². The molecular weight excluding hydrogens is 276 g/mol. The summed E-state index contributed by atoms with van der Waals surface area (Å²) in [5.74, 6) is -0.145. The Bertz CT molecular complexity index is 726. The molecule has 1 atom stereocenters. The van der Waals surface area contributed by atoms with Crippen LogP contribution in [-0.4, -0.2) is 16.9 Å². The third-order valence-electron chi connectivity index (χ3n) is 3.76. The summed E-state index contributed by atoms with van der Waals surface area (Å²) >= 11 is 0. The van der Waals surface area contributed by atoms with Gasteiger partial charge in [0.05, 0.1) is 5.56 Å². The zero-order valence-electron chi connectivity index (χ0n) is 13.7. The first-order valence-electron chi connectivity index (χ1n) is 7.69. The lowest BCUT2D eigenvalue weighted by atomic mass is 9.89. The van der Waals surface area contributed by atoms with Gasteiger partial charge < -0.3 is 10.3 Å². The van der Waals surface area contributed by atoms with Gasteiger partial charge in [0.15, 0.2) is 0 Å². The summed E-state index contributed by atoms with van der Waals surface area (Å²) in [5, 5.41) is 4.25. The average molecular weight is 300 g/mol. The fourth-order valence-corrected chi connectivity index (χ4v) is 2.42. The SMILES string of the molecule is CC(CCC(C)(C)C)NC(=O)c1c[nH]c(=O)c2ccccc12. The number of aromatic nitrogens is 1. The Labute approximate surface area is 130 Å². The minimum atomic E-state index is -0.173. The monoisotopic (exact) mass is 300 g/mol. The Balaban J connectivity index is 2.17. The molecule has 118 valence electrons. The molecule has 2 aromatic rings. The van der Waals surface area contributed by atoms with E-state index in [0.717, 1.165) is 12.8 Å². The van der Waals surface area contributed by atoms with Crippen molar-refractivity contribution in [3.63, 3.8) is 0 Å². The number of hydrogen-bond donors (Lipinski definition) is 2. The van der Waals surface area contributed by atoms with Gasteiger partial charge >= 0.3 is 0 Å². The highest BCUT2D eigenvalue weighted by Gasteiger charge is 2.16. The van der Waals surface area contributed by atoms with E-state index in [4.69, 9.17) is 0 Å². The second kappa shape index (κ2) is 6.34. The van der Waals surface area contributed by atoms with Crippen molar-refractivity contribution in [1.82, 2.24) is 10.3 Å². The third-order valence-corrected chi connectivity index (χ3v) is 3.76. The molecule has 1 aromatic heterocycles. The number of pyridine rings is 1. The summed E-state index contributed by atoms with van der Waals surface area (Å²) < 4.78 is 0. The summed E-state index contributed by atoms with van der Waals surface area (Å²) in [6.45, 7) is 8.59. The van der Waals surface area contributed by atoms with Crippen molar-refractivity contribution in [2.45, 2.75) is 46.6 Å². The van der Waals surface area contributed by atoms with E-state index in [2.05, 4.69) is 31.1 Å². The van der Waals surface area contributed by atoms with Crippen LogP contribution in [0, 0.1) is 5.41 Å². The molecule has 4 heteroatoms. The molecule has 0 aliphatic heterocycles. The highest BCUT2D eigenvalue weighted by atomic mass is 16.2. The standard InChI is InChI=1S/C18H24N2O2/c1-12(9-10-18(2,3)4)20-17(22)15-11-19-16(21)14-8-6-5-7-13(14)15/h5-8,11-12H,9-10H2,1-4H3,(H,19,21)(H,20,22). The van der Waals surface area contributed by atoms with Gasteiger partial charge in [0, 0.05) is 23.0 Å². The molecular formula is C18H24N2O2. The summed E-state index contributed by atoms with van der Waals surface area (Å²) in [7, 11) is 0. The van der Waals surface area contributed by atoms with Crippen LogP contribution in [-0.2, 0) is 0 Å². The largest absolute Gasteiger partial charge is 0.350 e. The molecule has 0 fully saturated rings. The zero-order valence-corrected chi connectivity index (χ0v) is 13.7. The second-order valence-corrected chi connectivity index (χ2v) is 7.05. The van der Waals surface area contributed by atoms with E-state index < -0.39 is 0 Å².